The van der Waals surface area contributed by atoms with Crippen molar-refractivity contribution in [2.45, 2.75) is 96.8 Å². The molecule has 0 radical (unpaired) electrons. The number of phosphoric acid groups is 1. The van der Waals surface area contributed by atoms with Gasteiger partial charge in [-0.25, -0.2) is 4.57 Å². The Morgan fingerprint density at radius 2 is 1.17 bits per heavy atom. The van der Waals surface area contributed by atoms with Gasteiger partial charge in [-0.15, -0.1) is 11.8 Å². The second-order valence-corrected chi connectivity index (χ2v) is 7.31. The summed E-state index contributed by atoms with van der Waals surface area (Å²) in [6.07, 6.45) is 16.3. The predicted octanol–water partition coefficient (Wildman–Crippen LogP) is 5.58. The van der Waals surface area contributed by atoms with Gasteiger partial charge >= 0.3 is 7.82 Å². The Morgan fingerprint density at radius 1 is 0.739 bits per heavy atom. The summed E-state index contributed by atoms with van der Waals surface area (Å²) in [5.41, 5.74) is 0. The molecule has 0 aliphatic carbocycles. The fourth-order valence-corrected chi connectivity index (χ4v) is 2.74. The van der Waals surface area contributed by atoms with Gasteiger partial charge in [0, 0.05) is 12.8 Å². The Bertz CT molecular complexity index is 354. The van der Waals surface area contributed by atoms with E-state index in [4.69, 9.17) is 9.79 Å². The van der Waals surface area contributed by atoms with E-state index in [1.54, 1.807) is 0 Å². The van der Waals surface area contributed by atoms with Crippen molar-refractivity contribution in [3.8, 4) is 11.8 Å². The van der Waals surface area contributed by atoms with Crippen molar-refractivity contribution in [3.63, 3.8) is 0 Å². The lowest BCUT2D eigenvalue weighted by atomic mass is 10.1. The molecule has 0 aromatic carbocycles. The molecule has 0 aliphatic rings. The van der Waals surface area contributed by atoms with Gasteiger partial charge in [0.2, 0.25) is 0 Å². The van der Waals surface area contributed by atoms with Gasteiger partial charge in [-0.2, -0.15) is 0 Å². The van der Waals surface area contributed by atoms with E-state index in [-0.39, 0.29) is 6.61 Å². The van der Waals surface area contributed by atoms with Crippen LogP contribution in [-0.2, 0) is 9.09 Å². The third-order valence-electron chi connectivity index (χ3n) is 3.74. The maximum atomic E-state index is 10.5. The van der Waals surface area contributed by atoms with Crippen LogP contribution in [0.2, 0.25) is 0 Å². The zero-order chi connectivity index (χ0) is 17.2. The topological polar surface area (TPSA) is 66.8 Å². The van der Waals surface area contributed by atoms with Gasteiger partial charge in [-0.3, -0.25) is 4.52 Å². The van der Waals surface area contributed by atoms with Gasteiger partial charge in [-0.1, -0.05) is 64.7 Å². The summed E-state index contributed by atoms with van der Waals surface area (Å²) in [6.45, 7) is 2.39. The lowest BCUT2D eigenvalue weighted by Crippen LogP contribution is -1.92. The zero-order valence-electron chi connectivity index (χ0n) is 14.8. The average Bonchev–Trinajstić information content (AvgIpc) is 2.49. The molecule has 0 amide bonds. The van der Waals surface area contributed by atoms with E-state index in [0.29, 0.717) is 6.42 Å². The highest BCUT2D eigenvalue weighted by atomic mass is 31.2. The Kier molecular flexibility index (Phi) is 16.3. The van der Waals surface area contributed by atoms with Crippen LogP contribution < -0.4 is 0 Å². The highest BCUT2D eigenvalue weighted by molar-refractivity contribution is 7.46. The molecule has 136 valence electrons. The minimum atomic E-state index is -4.27. The summed E-state index contributed by atoms with van der Waals surface area (Å²) in [6, 6.07) is 0. The fourth-order valence-electron chi connectivity index (χ4n) is 2.38. The highest BCUT2D eigenvalue weighted by Crippen LogP contribution is 2.35. The first-order chi connectivity index (χ1) is 11.1. The second-order valence-electron chi connectivity index (χ2n) is 6.07. The molecule has 0 fully saturated rings. The quantitative estimate of drug-likeness (QED) is 0.231. The monoisotopic (exact) mass is 346 g/mol. The van der Waals surface area contributed by atoms with Gasteiger partial charge in [-0.05, 0) is 19.3 Å². The third kappa shape index (κ3) is 21.7. The Morgan fingerprint density at radius 3 is 1.65 bits per heavy atom. The second kappa shape index (κ2) is 16.5. The number of rotatable bonds is 15. The molecule has 0 atom stereocenters. The van der Waals surface area contributed by atoms with E-state index < -0.39 is 7.82 Å². The smallest absolute Gasteiger partial charge is 0.303 e. The van der Waals surface area contributed by atoms with Crippen LogP contribution in [0.4, 0.5) is 0 Å². The number of hydrogen-bond acceptors (Lipinski definition) is 2. The van der Waals surface area contributed by atoms with Crippen molar-refractivity contribution in [2.75, 3.05) is 6.61 Å². The number of hydrogen-bond donors (Lipinski definition) is 2. The van der Waals surface area contributed by atoms with Crippen molar-refractivity contribution in [3.05, 3.63) is 0 Å². The minimum Gasteiger partial charge on any atom is -0.303 e. The summed E-state index contributed by atoms with van der Waals surface area (Å²) in [7, 11) is -4.27. The van der Waals surface area contributed by atoms with E-state index in [9.17, 15) is 4.57 Å². The summed E-state index contributed by atoms with van der Waals surface area (Å²) in [4.78, 5) is 17.0. The molecule has 0 saturated carbocycles. The molecule has 0 heterocycles. The van der Waals surface area contributed by atoms with Gasteiger partial charge in [0.25, 0.3) is 0 Å². The molecule has 0 aromatic rings. The molecule has 2 N–H and O–H groups in total. The van der Waals surface area contributed by atoms with Crippen LogP contribution in [0.5, 0.6) is 0 Å². The van der Waals surface area contributed by atoms with E-state index in [2.05, 4.69) is 23.3 Å². The van der Waals surface area contributed by atoms with Crippen LogP contribution in [-0.4, -0.2) is 16.4 Å². The van der Waals surface area contributed by atoms with Crippen LogP contribution in [0.1, 0.15) is 96.8 Å². The van der Waals surface area contributed by atoms with E-state index >= 15 is 0 Å². The van der Waals surface area contributed by atoms with Crippen molar-refractivity contribution in [1.29, 1.82) is 0 Å². The Labute approximate surface area is 142 Å². The first-order valence-corrected chi connectivity index (χ1v) is 10.7. The molecular formula is C18H35O4P. The van der Waals surface area contributed by atoms with Crippen molar-refractivity contribution in [1.82, 2.24) is 0 Å². The van der Waals surface area contributed by atoms with Gasteiger partial charge in [0.05, 0.1) is 6.61 Å². The first-order valence-electron chi connectivity index (χ1n) is 9.22. The maximum absolute atomic E-state index is 10.5. The molecule has 0 saturated heterocycles. The molecule has 0 unspecified atom stereocenters. The molecular weight excluding hydrogens is 311 g/mol. The Hall–Kier alpha value is -0.330. The lowest BCUT2D eigenvalue weighted by Gasteiger charge is -2.04. The molecule has 0 spiro atoms. The van der Waals surface area contributed by atoms with Crippen LogP contribution in [0.25, 0.3) is 0 Å². The minimum absolute atomic E-state index is 0.147. The summed E-state index contributed by atoms with van der Waals surface area (Å²) in [5.74, 6) is 6.53. The zero-order valence-corrected chi connectivity index (χ0v) is 15.7. The molecule has 0 aromatic heterocycles. The van der Waals surface area contributed by atoms with Crippen LogP contribution in [0.15, 0.2) is 0 Å². The Balaban J connectivity index is 3.16. The summed E-state index contributed by atoms with van der Waals surface area (Å²) in [5, 5.41) is 0. The molecule has 0 rings (SSSR count). The number of unbranched alkanes of at least 4 members (excludes halogenated alkanes) is 12. The first kappa shape index (κ1) is 22.7. The predicted molar refractivity (Wildman–Crippen MR) is 96.1 cm³/mol. The number of phosphoric ester groups is 1. The van der Waals surface area contributed by atoms with Gasteiger partial charge < -0.3 is 9.79 Å². The van der Waals surface area contributed by atoms with Crippen LogP contribution in [0.3, 0.4) is 0 Å². The van der Waals surface area contributed by atoms with Crippen LogP contribution >= 0.6 is 7.82 Å². The molecule has 4 nitrogen and oxygen atoms in total. The third-order valence-corrected chi connectivity index (χ3v) is 4.25. The van der Waals surface area contributed by atoms with E-state index in [0.717, 1.165) is 38.5 Å². The van der Waals surface area contributed by atoms with Crippen LogP contribution in [0, 0.1) is 11.8 Å². The molecule has 23 heavy (non-hydrogen) atoms. The van der Waals surface area contributed by atoms with Crippen molar-refractivity contribution >= 4 is 7.82 Å². The SMILES string of the molecule is CCCCCCCCC#CCCCCCCCCOP(=O)(O)O. The normalized spacial score (nSPS) is 11.3. The van der Waals surface area contributed by atoms with Gasteiger partial charge in [0.15, 0.2) is 0 Å². The standard InChI is InChI=1S/C18H35O4P/c1-2-3-4-5-6-7-8-9-10-11-12-13-14-15-16-17-18-22-23(19,20)21/h2-8,11-18H2,1H3,(H2,19,20,21). The van der Waals surface area contributed by atoms with E-state index in [1.165, 1.54) is 44.9 Å². The van der Waals surface area contributed by atoms with Crippen molar-refractivity contribution in [2.24, 2.45) is 0 Å². The molecule has 0 bridgehead atoms. The summed E-state index contributed by atoms with van der Waals surface area (Å²) < 4.78 is 14.8. The van der Waals surface area contributed by atoms with Crippen molar-refractivity contribution < 1.29 is 18.9 Å². The molecule has 0 aliphatic heterocycles. The summed E-state index contributed by atoms with van der Waals surface area (Å²) >= 11 is 0. The average molecular weight is 346 g/mol. The van der Waals surface area contributed by atoms with Gasteiger partial charge in [0.1, 0.15) is 0 Å². The van der Waals surface area contributed by atoms with E-state index in [1.807, 2.05) is 0 Å². The highest BCUT2D eigenvalue weighted by Gasteiger charge is 2.12. The maximum Gasteiger partial charge on any atom is 0.469 e. The lowest BCUT2D eigenvalue weighted by molar-refractivity contribution is 0.193. The molecule has 5 heteroatoms. The fraction of sp³-hybridized carbons (Fsp3) is 0.889. The largest absolute Gasteiger partial charge is 0.469 e.